The van der Waals surface area contributed by atoms with E-state index in [0.717, 1.165) is 44.9 Å². The van der Waals surface area contributed by atoms with Crippen molar-refractivity contribution >= 4 is 19.8 Å². The zero-order valence-corrected chi connectivity index (χ0v) is 34.6. The minimum atomic E-state index is -4.39. The van der Waals surface area contributed by atoms with E-state index in [4.69, 9.17) is 24.3 Å². The Labute approximate surface area is 324 Å². The molecular weight excluding hydrogens is 689 g/mol. The van der Waals surface area contributed by atoms with Gasteiger partial charge >= 0.3 is 19.8 Å². The number of carbonyl (C=O) groups is 2. The number of hydrogen-bond acceptors (Lipinski definition) is 8. The van der Waals surface area contributed by atoms with Crippen LogP contribution < -0.4 is 5.73 Å². The van der Waals surface area contributed by atoms with Gasteiger partial charge in [-0.25, -0.2) is 4.57 Å². The number of esters is 2. The van der Waals surface area contributed by atoms with E-state index in [-0.39, 0.29) is 32.6 Å². The molecule has 53 heavy (non-hydrogen) atoms. The molecule has 0 rings (SSSR count). The van der Waals surface area contributed by atoms with Gasteiger partial charge in [-0.3, -0.25) is 18.6 Å². The number of nitrogens with two attached hydrogens (primary N) is 1. The van der Waals surface area contributed by atoms with E-state index < -0.39 is 32.5 Å². The first-order valence-corrected chi connectivity index (χ1v) is 22.6. The second-order valence-corrected chi connectivity index (χ2v) is 15.3. The van der Waals surface area contributed by atoms with E-state index in [9.17, 15) is 19.0 Å². The highest BCUT2D eigenvalue weighted by molar-refractivity contribution is 7.47. The molecular formula is C43H78NO8P. The second kappa shape index (κ2) is 39.7. The van der Waals surface area contributed by atoms with E-state index in [2.05, 4.69) is 62.5 Å². The summed E-state index contributed by atoms with van der Waals surface area (Å²) in [7, 11) is -4.39. The van der Waals surface area contributed by atoms with Crippen LogP contribution in [0.3, 0.4) is 0 Å². The van der Waals surface area contributed by atoms with Crippen LogP contribution in [0.1, 0.15) is 181 Å². The lowest BCUT2D eigenvalue weighted by atomic mass is 10.1. The Morgan fingerprint density at radius 2 is 1.00 bits per heavy atom. The molecule has 0 amide bonds. The molecule has 0 aromatic heterocycles. The Kier molecular flexibility index (Phi) is 38.1. The molecule has 0 aromatic carbocycles. The average Bonchev–Trinajstić information content (AvgIpc) is 3.14. The molecule has 1 unspecified atom stereocenters. The van der Waals surface area contributed by atoms with E-state index in [1.165, 1.54) is 96.3 Å². The molecule has 0 aliphatic heterocycles. The van der Waals surface area contributed by atoms with Gasteiger partial charge in [-0.2, -0.15) is 0 Å². The Balaban J connectivity index is 4.29. The summed E-state index contributed by atoms with van der Waals surface area (Å²) >= 11 is 0. The van der Waals surface area contributed by atoms with E-state index in [0.29, 0.717) is 12.8 Å². The number of rotatable bonds is 39. The lowest BCUT2D eigenvalue weighted by Crippen LogP contribution is -2.29. The SMILES string of the molecule is CCCCCCCC/C=C/C/C=C/CCCCC(=O)OC[C@H](COP(=O)(O)OCCN)OC(=O)CCC/C=C/C/C=C/CCCCCCCCCCC. The van der Waals surface area contributed by atoms with Crippen molar-refractivity contribution in [2.75, 3.05) is 26.4 Å². The van der Waals surface area contributed by atoms with Crippen LogP contribution in [0.4, 0.5) is 0 Å². The summed E-state index contributed by atoms with van der Waals surface area (Å²) in [5.74, 6) is -0.921. The molecule has 2 atom stereocenters. The van der Waals surface area contributed by atoms with E-state index in [1.807, 2.05) is 0 Å². The lowest BCUT2D eigenvalue weighted by molar-refractivity contribution is -0.161. The Hall–Kier alpha value is -2.03. The lowest BCUT2D eigenvalue weighted by Gasteiger charge is -2.19. The van der Waals surface area contributed by atoms with Crippen LogP contribution >= 0.6 is 7.82 Å². The number of phosphoric ester groups is 1. The van der Waals surface area contributed by atoms with Crippen molar-refractivity contribution < 1.29 is 37.6 Å². The third-order valence-corrected chi connectivity index (χ3v) is 9.67. The molecule has 0 spiro atoms. The molecule has 0 aliphatic carbocycles. The van der Waals surface area contributed by atoms with Crippen molar-refractivity contribution in [3.8, 4) is 0 Å². The van der Waals surface area contributed by atoms with Gasteiger partial charge in [0, 0.05) is 19.4 Å². The summed E-state index contributed by atoms with van der Waals surface area (Å²) < 4.78 is 32.6. The topological polar surface area (TPSA) is 134 Å². The van der Waals surface area contributed by atoms with Gasteiger partial charge in [-0.05, 0) is 70.6 Å². The van der Waals surface area contributed by atoms with Gasteiger partial charge in [-0.1, -0.05) is 146 Å². The van der Waals surface area contributed by atoms with Crippen LogP contribution in [-0.4, -0.2) is 49.3 Å². The van der Waals surface area contributed by atoms with Gasteiger partial charge in [0.05, 0.1) is 13.2 Å². The Morgan fingerprint density at radius 1 is 0.566 bits per heavy atom. The molecule has 0 radical (unpaired) electrons. The summed E-state index contributed by atoms with van der Waals surface area (Å²) in [6.07, 6.45) is 44.4. The predicted octanol–water partition coefficient (Wildman–Crippen LogP) is 11.9. The van der Waals surface area contributed by atoms with Crippen molar-refractivity contribution in [2.45, 2.75) is 187 Å². The number of carbonyl (C=O) groups excluding carboxylic acids is 2. The number of allylic oxidation sites excluding steroid dienone is 8. The Bertz CT molecular complexity index is 1010. The van der Waals surface area contributed by atoms with Gasteiger partial charge in [0.15, 0.2) is 6.10 Å². The smallest absolute Gasteiger partial charge is 0.462 e. The second-order valence-electron chi connectivity index (χ2n) is 13.8. The van der Waals surface area contributed by atoms with Crippen molar-refractivity contribution in [3.05, 3.63) is 48.6 Å². The first-order valence-electron chi connectivity index (χ1n) is 21.1. The number of hydrogen-bond donors (Lipinski definition) is 2. The Morgan fingerprint density at radius 3 is 1.49 bits per heavy atom. The third kappa shape index (κ3) is 39.5. The fourth-order valence-corrected chi connectivity index (χ4v) is 6.29. The van der Waals surface area contributed by atoms with Crippen LogP contribution in [-0.2, 0) is 32.7 Å². The third-order valence-electron chi connectivity index (χ3n) is 8.69. The van der Waals surface area contributed by atoms with Crippen molar-refractivity contribution in [3.63, 3.8) is 0 Å². The zero-order valence-electron chi connectivity index (χ0n) is 33.7. The minimum absolute atomic E-state index is 0.0418. The molecule has 0 saturated carbocycles. The summed E-state index contributed by atoms with van der Waals surface area (Å²) in [4.78, 5) is 34.8. The maximum atomic E-state index is 12.5. The summed E-state index contributed by atoms with van der Waals surface area (Å²) in [5, 5.41) is 0. The maximum Gasteiger partial charge on any atom is 0.472 e. The quantitative estimate of drug-likeness (QED) is 0.0271. The van der Waals surface area contributed by atoms with Gasteiger partial charge in [0.1, 0.15) is 6.61 Å². The highest BCUT2D eigenvalue weighted by atomic mass is 31.2. The van der Waals surface area contributed by atoms with Gasteiger partial charge in [0.25, 0.3) is 0 Å². The summed E-state index contributed by atoms with van der Waals surface area (Å²) in [6.45, 7) is 3.63. The number of ether oxygens (including phenoxy) is 2. The molecule has 3 N–H and O–H groups in total. The highest BCUT2D eigenvalue weighted by Crippen LogP contribution is 2.43. The molecule has 0 saturated heterocycles. The fraction of sp³-hybridized carbons (Fsp3) is 0.767. The summed E-state index contributed by atoms with van der Waals surface area (Å²) in [6, 6.07) is 0. The van der Waals surface area contributed by atoms with Gasteiger partial charge in [0.2, 0.25) is 0 Å². The average molecular weight is 768 g/mol. The first-order chi connectivity index (χ1) is 25.8. The molecule has 0 aliphatic rings. The van der Waals surface area contributed by atoms with E-state index >= 15 is 0 Å². The molecule has 10 heteroatoms. The summed E-state index contributed by atoms with van der Waals surface area (Å²) in [5.41, 5.74) is 5.34. The molecule has 0 fully saturated rings. The first kappa shape index (κ1) is 51.0. The predicted molar refractivity (Wildman–Crippen MR) is 220 cm³/mol. The molecule has 308 valence electrons. The molecule has 0 bridgehead atoms. The van der Waals surface area contributed by atoms with Gasteiger partial charge in [-0.15, -0.1) is 0 Å². The van der Waals surface area contributed by atoms with Crippen LogP contribution in [0.25, 0.3) is 0 Å². The molecule has 0 aromatic rings. The van der Waals surface area contributed by atoms with Crippen LogP contribution in [0, 0.1) is 0 Å². The minimum Gasteiger partial charge on any atom is -0.462 e. The zero-order chi connectivity index (χ0) is 38.9. The number of unbranched alkanes of at least 4 members (excludes halogenated alkanes) is 18. The van der Waals surface area contributed by atoms with Crippen LogP contribution in [0.15, 0.2) is 48.6 Å². The van der Waals surface area contributed by atoms with Crippen molar-refractivity contribution in [2.24, 2.45) is 5.73 Å². The van der Waals surface area contributed by atoms with Crippen molar-refractivity contribution in [1.82, 2.24) is 0 Å². The molecule has 0 heterocycles. The maximum absolute atomic E-state index is 12.5. The fourth-order valence-electron chi connectivity index (χ4n) is 5.53. The van der Waals surface area contributed by atoms with Crippen LogP contribution in [0.5, 0.6) is 0 Å². The highest BCUT2D eigenvalue weighted by Gasteiger charge is 2.25. The van der Waals surface area contributed by atoms with Gasteiger partial charge < -0.3 is 20.1 Å². The van der Waals surface area contributed by atoms with Crippen LogP contribution in [0.2, 0.25) is 0 Å². The molecule has 9 nitrogen and oxygen atoms in total. The largest absolute Gasteiger partial charge is 0.472 e. The normalized spacial score (nSPS) is 13.8. The number of phosphoric acid groups is 1. The van der Waals surface area contributed by atoms with E-state index in [1.54, 1.807) is 0 Å². The monoisotopic (exact) mass is 768 g/mol. The van der Waals surface area contributed by atoms with Crippen molar-refractivity contribution in [1.29, 1.82) is 0 Å². The standard InChI is InChI=1S/C43H78NO8P/c1-3-5-7-9-11-13-15-17-19-20-22-24-26-28-30-32-34-36-43(46)52-41(40-51-53(47,48)50-38-37-44)39-49-42(45)35-33-31-29-27-25-23-21-18-16-14-12-10-8-6-4-2/h18,21-22,24-25,27-28,30,41H,3-17,19-20,23,26,29,31-40,44H2,1-2H3,(H,47,48)/b21-18+,24-22+,27-25+,30-28+/t41-/m1/s1.